The molecule has 1 aromatic carbocycles. The Hall–Kier alpha value is -0.860. The fourth-order valence-electron chi connectivity index (χ4n) is 2.92. The van der Waals surface area contributed by atoms with Gasteiger partial charge in [-0.2, -0.15) is 0 Å². The zero-order chi connectivity index (χ0) is 13.8. The van der Waals surface area contributed by atoms with Gasteiger partial charge >= 0.3 is 0 Å². The zero-order valence-corrected chi connectivity index (χ0v) is 12.8. The van der Waals surface area contributed by atoms with E-state index in [1.807, 2.05) is 0 Å². The second-order valence-corrected chi connectivity index (χ2v) is 5.94. The second-order valence-electron chi connectivity index (χ2n) is 5.94. The fourth-order valence-corrected chi connectivity index (χ4v) is 2.92. The fraction of sp³-hybridized carbons (Fsp3) is 0.647. The molecule has 2 heteroatoms. The summed E-state index contributed by atoms with van der Waals surface area (Å²) in [6.45, 7) is 7.71. The molecule has 1 aliphatic rings. The van der Waals surface area contributed by atoms with Crippen LogP contribution >= 0.6 is 0 Å². The van der Waals surface area contributed by atoms with E-state index in [-0.39, 0.29) is 0 Å². The first kappa shape index (κ1) is 14.5. The first-order valence-electron chi connectivity index (χ1n) is 7.65. The van der Waals surface area contributed by atoms with Crippen LogP contribution in [0.3, 0.4) is 0 Å². The Morgan fingerprint density at radius 1 is 1.26 bits per heavy atom. The molecule has 0 heterocycles. The molecule has 0 bridgehead atoms. The van der Waals surface area contributed by atoms with Crippen molar-refractivity contribution >= 4 is 0 Å². The number of hydrogen-bond acceptors (Lipinski definition) is 2. The summed E-state index contributed by atoms with van der Waals surface area (Å²) in [5, 5.41) is 3.66. The first-order chi connectivity index (χ1) is 9.13. The van der Waals surface area contributed by atoms with Crippen LogP contribution < -0.4 is 5.32 Å². The molecule has 0 amide bonds. The lowest BCUT2D eigenvalue weighted by Gasteiger charge is -2.42. The molecule has 1 fully saturated rings. The summed E-state index contributed by atoms with van der Waals surface area (Å²) >= 11 is 0. The highest BCUT2D eigenvalue weighted by atomic mass is 15.2. The molecule has 0 radical (unpaired) electrons. The Morgan fingerprint density at radius 3 is 2.37 bits per heavy atom. The van der Waals surface area contributed by atoms with E-state index in [0.29, 0.717) is 12.1 Å². The Morgan fingerprint density at radius 2 is 1.89 bits per heavy atom. The van der Waals surface area contributed by atoms with Gasteiger partial charge in [0, 0.05) is 18.1 Å². The number of nitrogens with zero attached hydrogens (tertiary/aromatic N) is 1. The number of aryl methyl sites for hydroxylation is 1. The second kappa shape index (κ2) is 6.53. The predicted octanol–water partition coefficient (Wildman–Crippen LogP) is 3.52. The van der Waals surface area contributed by atoms with E-state index in [2.05, 4.69) is 62.3 Å². The molecular formula is C17H28N2. The molecule has 2 nitrogen and oxygen atoms in total. The highest BCUT2D eigenvalue weighted by Gasteiger charge is 2.29. The van der Waals surface area contributed by atoms with E-state index in [1.165, 1.54) is 30.4 Å². The van der Waals surface area contributed by atoms with Crippen molar-refractivity contribution in [3.8, 4) is 0 Å². The summed E-state index contributed by atoms with van der Waals surface area (Å²) in [6, 6.07) is 10.7. The van der Waals surface area contributed by atoms with Crippen LogP contribution in [0, 0.1) is 6.92 Å². The summed E-state index contributed by atoms with van der Waals surface area (Å²) < 4.78 is 0. The normalized spacial score (nSPS) is 19.2. The van der Waals surface area contributed by atoms with Crippen molar-refractivity contribution in [2.75, 3.05) is 13.6 Å². The monoisotopic (exact) mass is 260 g/mol. The summed E-state index contributed by atoms with van der Waals surface area (Å²) in [6.07, 6.45) is 4.14. The lowest BCUT2D eigenvalue weighted by Crippen LogP contribution is -2.48. The number of rotatable bonds is 6. The number of benzene rings is 1. The van der Waals surface area contributed by atoms with Gasteiger partial charge in [-0.25, -0.2) is 0 Å². The molecule has 1 N–H and O–H groups in total. The third-order valence-corrected chi connectivity index (χ3v) is 4.64. The van der Waals surface area contributed by atoms with E-state index in [1.54, 1.807) is 0 Å². The van der Waals surface area contributed by atoms with Crippen LogP contribution in [0.2, 0.25) is 0 Å². The molecule has 0 saturated heterocycles. The first-order valence-corrected chi connectivity index (χ1v) is 7.65. The minimum atomic E-state index is 0.427. The smallest absolute Gasteiger partial charge is 0.0475 e. The topological polar surface area (TPSA) is 15.3 Å². The maximum atomic E-state index is 3.66. The maximum absolute atomic E-state index is 3.66. The maximum Gasteiger partial charge on any atom is 0.0475 e. The van der Waals surface area contributed by atoms with Crippen molar-refractivity contribution in [2.24, 2.45) is 0 Å². The van der Waals surface area contributed by atoms with Crippen LogP contribution in [0.4, 0.5) is 0 Å². The summed E-state index contributed by atoms with van der Waals surface area (Å²) in [5.41, 5.74) is 2.74. The van der Waals surface area contributed by atoms with Gasteiger partial charge < -0.3 is 5.32 Å². The van der Waals surface area contributed by atoms with Gasteiger partial charge in [0.15, 0.2) is 0 Å². The SMILES string of the molecule is CCNC(c1ccc(C)cc1)C(C)N(C)C1CCC1. The minimum absolute atomic E-state index is 0.427. The van der Waals surface area contributed by atoms with Crippen LogP contribution in [0.15, 0.2) is 24.3 Å². The number of likely N-dealkylation sites (N-methyl/N-ethyl adjacent to an activating group) is 2. The van der Waals surface area contributed by atoms with Crippen molar-refractivity contribution < 1.29 is 0 Å². The van der Waals surface area contributed by atoms with Crippen LogP contribution in [-0.2, 0) is 0 Å². The van der Waals surface area contributed by atoms with Gasteiger partial charge in [0.1, 0.15) is 0 Å². The molecule has 106 valence electrons. The average Bonchev–Trinajstić information content (AvgIpc) is 2.34. The standard InChI is InChI=1S/C17H28N2/c1-5-18-17(15-11-9-13(2)10-12-15)14(3)19(4)16-7-6-8-16/h9-12,14,16-18H,5-8H2,1-4H3. The van der Waals surface area contributed by atoms with Gasteiger partial charge in [0.05, 0.1) is 0 Å². The molecule has 1 aliphatic carbocycles. The van der Waals surface area contributed by atoms with E-state index < -0.39 is 0 Å². The highest BCUT2D eigenvalue weighted by Crippen LogP contribution is 2.29. The van der Waals surface area contributed by atoms with E-state index in [9.17, 15) is 0 Å². The van der Waals surface area contributed by atoms with Crippen molar-refractivity contribution in [1.82, 2.24) is 10.2 Å². The molecule has 1 saturated carbocycles. The Balaban J connectivity index is 2.11. The summed E-state index contributed by atoms with van der Waals surface area (Å²) in [7, 11) is 2.28. The van der Waals surface area contributed by atoms with Crippen molar-refractivity contribution in [3.63, 3.8) is 0 Å². The summed E-state index contributed by atoms with van der Waals surface area (Å²) in [5.74, 6) is 0. The largest absolute Gasteiger partial charge is 0.309 e. The van der Waals surface area contributed by atoms with Gasteiger partial charge in [-0.15, -0.1) is 0 Å². The minimum Gasteiger partial charge on any atom is -0.309 e. The Kier molecular flexibility index (Phi) is 5.00. The molecule has 19 heavy (non-hydrogen) atoms. The number of hydrogen-bond donors (Lipinski definition) is 1. The molecule has 2 atom stereocenters. The molecule has 2 unspecified atom stereocenters. The van der Waals surface area contributed by atoms with Crippen molar-refractivity contribution in [1.29, 1.82) is 0 Å². The lowest BCUT2D eigenvalue weighted by molar-refractivity contribution is 0.0963. The van der Waals surface area contributed by atoms with Crippen LogP contribution in [0.25, 0.3) is 0 Å². The third kappa shape index (κ3) is 3.37. The molecule has 0 spiro atoms. The third-order valence-electron chi connectivity index (χ3n) is 4.64. The molecule has 0 aliphatic heterocycles. The van der Waals surface area contributed by atoms with Gasteiger partial charge in [0.2, 0.25) is 0 Å². The quantitative estimate of drug-likeness (QED) is 0.842. The van der Waals surface area contributed by atoms with Crippen LogP contribution in [-0.4, -0.2) is 30.6 Å². The van der Waals surface area contributed by atoms with Crippen LogP contribution in [0.1, 0.15) is 50.3 Å². The van der Waals surface area contributed by atoms with E-state index in [0.717, 1.165) is 12.6 Å². The number of nitrogens with one attached hydrogen (secondary N) is 1. The highest BCUT2D eigenvalue weighted by molar-refractivity contribution is 5.25. The van der Waals surface area contributed by atoms with Crippen LogP contribution in [0.5, 0.6) is 0 Å². The predicted molar refractivity (Wildman–Crippen MR) is 82.5 cm³/mol. The average molecular weight is 260 g/mol. The van der Waals surface area contributed by atoms with Gasteiger partial charge in [-0.3, -0.25) is 4.90 Å². The molecular weight excluding hydrogens is 232 g/mol. The van der Waals surface area contributed by atoms with Gasteiger partial charge in [-0.05, 0) is 45.8 Å². The zero-order valence-electron chi connectivity index (χ0n) is 12.8. The van der Waals surface area contributed by atoms with Crippen molar-refractivity contribution in [3.05, 3.63) is 35.4 Å². The lowest BCUT2D eigenvalue weighted by atomic mass is 9.89. The van der Waals surface area contributed by atoms with Gasteiger partial charge in [0.25, 0.3) is 0 Å². The van der Waals surface area contributed by atoms with Crippen molar-refractivity contribution in [2.45, 2.75) is 58.2 Å². The van der Waals surface area contributed by atoms with E-state index in [4.69, 9.17) is 0 Å². The summed E-state index contributed by atoms with van der Waals surface area (Å²) in [4.78, 5) is 2.57. The Bertz CT molecular complexity index is 381. The van der Waals surface area contributed by atoms with E-state index >= 15 is 0 Å². The molecule has 0 aromatic heterocycles. The Labute approximate surface area is 118 Å². The molecule has 1 aromatic rings. The molecule has 2 rings (SSSR count). The van der Waals surface area contributed by atoms with Gasteiger partial charge in [-0.1, -0.05) is 43.2 Å².